The molecular formula is C13H19N7S. The summed E-state index contributed by atoms with van der Waals surface area (Å²) >= 11 is 5.18. The Morgan fingerprint density at radius 3 is 2.71 bits per heavy atom. The van der Waals surface area contributed by atoms with Gasteiger partial charge >= 0.3 is 0 Å². The lowest BCUT2D eigenvalue weighted by Crippen LogP contribution is -2.21. The van der Waals surface area contributed by atoms with Crippen LogP contribution < -0.4 is 11.1 Å². The smallest absolute Gasteiger partial charge is 0.159 e. The van der Waals surface area contributed by atoms with Crippen LogP contribution in [0.1, 0.15) is 30.7 Å². The topological polar surface area (TPSA) is 94.5 Å². The Labute approximate surface area is 128 Å². The highest BCUT2D eigenvalue weighted by Crippen LogP contribution is 2.20. The van der Waals surface area contributed by atoms with Crippen LogP contribution in [0.15, 0.2) is 12.4 Å². The summed E-state index contributed by atoms with van der Waals surface area (Å²) in [4.78, 5) is 0.347. The van der Waals surface area contributed by atoms with E-state index < -0.39 is 0 Å². The van der Waals surface area contributed by atoms with Gasteiger partial charge in [0.1, 0.15) is 4.99 Å². The lowest BCUT2D eigenvalue weighted by atomic mass is 10.0. The number of nitrogens with two attached hydrogens (primary N) is 1. The van der Waals surface area contributed by atoms with Gasteiger partial charge in [-0.15, -0.1) is 10.2 Å². The number of hydrogen-bond donors (Lipinski definition) is 2. The molecular weight excluding hydrogens is 286 g/mol. The van der Waals surface area contributed by atoms with Crippen molar-refractivity contribution >= 4 is 23.0 Å². The van der Waals surface area contributed by atoms with Crippen molar-refractivity contribution in [2.24, 2.45) is 5.73 Å². The van der Waals surface area contributed by atoms with E-state index in [0.29, 0.717) is 23.9 Å². The van der Waals surface area contributed by atoms with E-state index in [2.05, 4.69) is 32.7 Å². The Bertz CT molecular complexity index is 609. The molecule has 0 bridgehead atoms. The van der Waals surface area contributed by atoms with Crippen molar-refractivity contribution in [3.8, 4) is 0 Å². The minimum atomic E-state index is 0.347. The molecule has 0 amide bonds. The number of anilines is 1. The second-order valence-corrected chi connectivity index (χ2v) is 4.95. The van der Waals surface area contributed by atoms with Gasteiger partial charge in [0.05, 0.1) is 24.0 Å². The van der Waals surface area contributed by atoms with Crippen molar-refractivity contribution in [1.29, 1.82) is 0 Å². The van der Waals surface area contributed by atoms with Crippen LogP contribution in [0.4, 0.5) is 5.82 Å². The molecule has 112 valence electrons. The minimum absolute atomic E-state index is 0.347. The first-order valence-electron chi connectivity index (χ1n) is 6.93. The van der Waals surface area contributed by atoms with E-state index in [1.165, 1.54) is 0 Å². The molecule has 0 saturated heterocycles. The largest absolute Gasteiger partial charge is 0.389 e. The summed E-state index contributed by atoms with van der Waals surface area (Å²) in [5.41, 5.74) is 8.70. The summed E-state index contributed by atoms with van der Waals surface area (Å²) in [5, 5.41) is 19.4. The Balaban J connectivity index is 2.20. The number of thiocarbonyl (C=S) groups is 1. The highest BCUT2D eigenvalue weighted by atomic mass is 32.1. The summed E-state index contributed by atoms with van der Waals surface area (Å²) in [6.07, 6.45) is 5.08. The molecule has 0 aliphatic rings. The summed E-state index contributed by atoms with van der Waals surface area (Å²) in [5.74, 6) is 0.636. The number of rotatable bonds is 7. The fourth-order valence-electron chi connectivity index (χ4n) is 2.20. The first-order chi connectivity index (χ1) is 10.2. The first-order valence-corrected chi connectivity index (χ1v) is 7.34. The van der Waals surface area contributed by atoms with Gasteiger partial charge in [0.25, 0.3) is 0 Å². The number of hydrogen-bond acceptors (Lipinski definition) is 6. The molecule has 0 unspecified atom stereocenters. The Hall–Kier alpha value is -2.09. The molecule has 3 N–H and O–H groups in total. The van der Waals surface area contributed by atoms with Crippen molar-refractivity contribution in [3.63, 3.8) is 0 Å². The van der Waals surface area contributed by atoms with Crippen LogP contribution in [0, 0.1) is 0 Å². The van der Waals surface area contributed by atoms with E-state index in [4.69, 9.17) is 18.0 Å². The van der Waals surface area contributed by atoms with Crippen molar-refractivity contribution in [3.05, 3.63) is 29.2 Å². The quantitative estimate of drug-likeness (QED) is 0.735. The fraction of sp³-hybridized carbons (Fsp3) is 0.462. The van der Waals surface area contributed by atoms with Gasteiger partial charge in [-0.3, -0.25) is 4.68 Å². The van der Waals surface area contributed by atoms with E-state index in [-0.39, 0.29) is 0 Å². The second-order valence-electron chi connectivity index (χ2n) is 4.51. The van der Waals surface area contributed by atoms with Gasteiger partial charge in [0.15, 0.2) is 5.82 Å². The molecule has 2 heterocycles. The lowest BCUT2D eigenvalue weighted by molar-refractivity contribution is 0.607. The predicted molar refractivity (Wildman–Crippen MR) is 85.2 cm³/mol. The predicted octanol–water partition coefficient (Wildman–Crippen LogP) is 0.939. The standard InChI is InChI=1S/C13H19N7S/c1-3-9-10(4-2)17-18-13(11(9)12(14)21)15-5-7-20-8-6-16-19-20/h6,8H,3-5,7H2,1-2H3,(H2,14,21)(H,15,18). The minimum Gasteiger partial charge on any atom is -0.389 e. The van der Waals surface area contributed by atoms with Crippen LogP contribution in [-0.4, -0.2) is 36.7 Å². The zero-order valence-corrected chi connectivity index (χ0v) is 13.0. The zero-order chi connectivity index (χ0) is 15.2. The molecule has 8 heteroatoms. The Kier molecular flexibility index (Phi) is 5.15. The van der Waals surface area contributed by atoms with Gasteiger partial charge in [-0.1, -0.05) is 31.3 Å². The Morgan fingerprint density at radius 1 is 1.33 bits per heavy atom. The maximum atomic E-state index is 5.88. The summed E-state index contributed by atoms with van der Waals surface area (Å²) in [6.45, 7) is 5.43. The molecule has 2 rings (SSSR count). The van der Waals surface area contributed by atoms with E-state index >= 15 is 0 Å². The van der Waals surface area contributed by atoms with Crippen LogP contribution in [-0.2, 0) is 19.4 Å². The van der Waals surface area contributed by atoms with E-state index in [9.17, 15) is 0 Å². The molecule has 2 aromatic heterocycles. The van der Waals surface area contributed by atoms with Crippen LogP contribution >= 0.6 is 12.2 Å². The van der Waals surface area contributed by atoms with Gasteiger partial charge in [0.2, 0.25) is 0 Å². The van der Waals surface area contributed by atoms with Crippen molar-refractivity contribution in [2.75, 3.05) is 11.9 Å². The summed E-state index contributed by atoms with van der Waals surface area (Å²) in [7, 11) is 0. The number of nitrogens with zero attached hydrogens (tertiary/aromatic N) is 5. The average Bonchev–Trinajstić information content (AvgIpc) is 2.99. The van der Waals surface area contributed by atoms with Gasteiger partial charge in [-0.05, 0) is 18.4 Å². The third-order valence-corrected chi connectivity index (χ3v) is 3.40. The molecule has 0 atom stereocenters. The second kappa shape index (κ2) is 7.07. The van der Waals surface area contributed by atoms with Gasteiger partial charge < -0.3 is 11.1 Å². The molecule has 21 heavy (non-hydrogen) atoms. The van der Waals surface area contributed by atoms with Crippen molar-refractivity contribution in [1.82, 2.24) is 25.2 Å². The summed E-state index contributed by atoms with van der Waals surface area (Å²) in [6, 6.07) is 0. The number of aromatic nitrogens is 5. The number of nitrogens with one attached hydrogen (secondary N) is 1. The van der Waals surface area contributed by atoms with E-state index in [1.807, 2.05) is 6.92 Å². The van der Waals surface area contributed by atoms with Crippen molar-refractivity contribution < 1.29 is 0 Å². The van der Waals surface area contributed by atoms with Gasteiger partial charge in [0, 0.05) is 12.7 Å². The molecule has 0 radical (unpaired) electrons. The van der Waals surface area contributed by atoms with E-state index in [1.54, 1.807) is 17.1 Å². The first kappa shape index (κ1) is 15.3. The lowest BCUT2D eigenvalue weighted by Gasteiger charge is -2.15. The monoisotopic (exact) mass is 305 g/mol. The normalized spacial score (nSPS) is 10.6. The third kappa shape index (κ3) is 3.52. The van der Waals surface area contributed by atoms with Crippen LogP contribution in [0.3, 0.4) is 0 Å². The van der Waals surface area contributed by atoms with Gasteiger partial charge in [-0.25, -0.2) is 0 Å². The molecule has 0 spiro atoms. The SMILES string of the molecule is CCc1nnc(NCCn2ccnn2)c(C(N)=S)c1CC. The molecule has 0 aromatic carbocycles. The number of aryl methyl sites for hydroxylation is 1. The summed E-state index contributed by atoms with van der Waals surface area (Å²) < 4.78 is 1.74. The highest BCUT2D eigenvalue weighted by molar-refractivity contribution is 7.80. The fourth-order valence-corrected chi connectivity index (χ4v) is 2.42. The van der Waals surface area contributed by atoms with E-state index in [0.717, 1.165) is 29.7 Å². The zero-order valence-electron chi connectivity index (χ0n) is 12.2. The molecule has 7 nitrogen and oxygen atoms in total. The third-order valence-electron chi connectivity index (χ3n) is 3.20. The molecule has 0 saturated carbocycles. The highest BCUT2D eigenvalue weighted by Gasteiger charge is 2.16. The van der Waals surface area contributed by atoms with Crippen LogP contribution in [0.5, 0.6) is 0 Å². The average molecular weight is 305 g/mol. The Morgan fingerprint density at radius 2 is 2.14 bits per heavy atom. The molecule has 0 aliphatic carbocycles. The molecule has 2 aromatic rings. The maximum absolute atomic E-state index is 5.88. The van der Waals surface area contributed by atoms with Gasteiger partial charge in [-0.2, -0.15) is 5.10 Å². The molecule has 0 aliphatic heterocycles. The van der Waals surface area contributed by atoms with Crippen LogP contribution in [0.25, 0.3) is 0 Å². The molecule has 0 fully saturated rings. The maximum Gasteiger partial charge on any atom is 0.159 e. The van der Waals surface area contributed by atoms with Crippen molar-refractivity contribution in [2.45, 2.75) is 33.2 Å². The van der Waals surface area contributed by atoms with Crippen LogP contribution in [0.2, 0.25) is 0 Å².